The van der Waals surface area contributed by atoms with Crippen LogP contribution in [0.3, 0.4) is 0 Å². The Balaban J connectivity index is 2.34. The second-order valence-corrected chi connectivity index (χ2v) is 4.81. The van der Waals surface area contributed by atoms with Crippen LogP contribution in [0.25, 0.3) is 0 Å². The average Bonchev–Trinajstić information content (AvgIpc) is 2.74. The molecule has 0 radical (unpaired) electrons. The van der Waals surface area contributed by atoms with E-state index in [-0.39, 0.29) is 5.97 Å². The molecule has 0 aliphatic rings. The minimum Gasteiger partial charge on any atom is -0.467 e. The molecule has 1 aromatic carbocycles. The van der Waals surface area contributed by atoms with Crippen LogP contribution >= 0.6 is 0 Å². The maximum Gasteiger partial charge on any atom is 0.333 e. The molecule has 0 amide bonds. The number of nitrogens with one attached hydrogen (secondary N) is 1. The molecule has 1 heterocycles. The first-order chi connectivity index (χ1) is 9.51. The Hall–Kier alpha value is -2.30. The number of nitrogens with zero attached hydrogens (tertiary/aromatic N) is 2. The summed E-state index contributed by atoms with van der Waals surface area (Å²) >= 11 is 0. The quantitative estimate of drug-likeness (QED) is 0.869. The van der Waals surface area contributed by atoms with E-state index in [2.05, 4.69) is 10.4 Å². The van der Waals surface area contributed by atoms with Crippen LogP contribution in [0.15, 0.2) is 30.5 Å². The van der Waals surface area contributed by atoms with Gasteiger partial charge in [0, 0.05) is 24.5 Å². The first-order valence-corrected chi connectivity index (χ1v) is 6.42. The molecule has 1 atom stereocenters. The Morgan fingerprint density at radius 3 is 2.70 bits per heavy atom. The smallest absolute Gasteiger partial charge is 0.333 e. The molecule has 0 bridgehead atoms. The summed E-state index contributed by atoms with van der Waals surface area (Å²) in [6.07, 6.45) is 1.83. The maximum atomic E-state index is 12.0. The van der Waals surface area contributed by atoms with Gasteiger partial charge in [0.15, 0.2) is 6.04 Å². The number of hydrogen-bond donors (Lipinski definition) is 1. The van der Waals surface area contributed by atoms with Crippen molar-refractivity contribution < 1.29 is 9.53 Å². The van der Waals surface area contributed by atoms with Crippen molar-refractivity contribution in [3.63, 3.8) is 0 Å². The van der Waals surface area contributed by atoms with Gasteiger partial charge < -0.3 is 10.1 Å². The molecule has 0 fully saturated rings. The first-order valence-electron chi connectivity index (χ1n) is 6.42. The van der Waals surface area contributed by atoms with E-state index in [9.17, 15) is 4.79 Å². The maximum absolute atomic E-state index is 12.0. The second kappa shape index (κ2) is 5.77. The number of aromatic nitrogens is 2. The third-order valence-corrected chi connectivity index (χ3v) is 3.13. The molecule has 5 nitrogen and oxygen atoms in total. The van der Waals surface area contributed by atoms with E-state index in [0.717, 1.165) is 22.5 Å². The van der Waals surface area contributed by atoms with Crippen LogP contribution in [0.2, 0.25) is 0 Å². The van der Waals surface area contributed by atoms with Gasteiger partial charge in [-0.3, -0.25) is 4.68 Å². The van der Waals surface area contributed by atoms with Gasteiger partial charge in [0.25, 0.3) is 0 Å². The van der Waals surface area contributed by atoms with E-state index in [1.807, 2.05) is 51.4 Å². The molecule has 0 saturated heterocycles. The standard InChI is InChI=1S/C15H19N3O2/c1-10-6-5-7-12(8-10)16-14(15(19)20-4)13-9-18(3)17-11(13)2/h5-9,14,16H,1-4H3. The summed E-state index contributed by atoms with van der Waals surface area (Å²) in [5.74, 6) is -0.331. The zero-order valence-electron chi connectivity index (χ0n) is 12.2. The molecular weight excluding hydrogens is 254 g/mol. The normalized spacial score (nSPS) is 12.0. The first kappa shape index (κ1) is 14.1. The Kier molecular flexibility index (Phi) is 4.08. The molecule has 0 spiro atoms. The summed E-state index contributed by atoms with van der Waals surface area (Å²) < 4.78 is 6.59. The number of carbonyl (C=O) groups is 1. The number of methoxy groups -OCH3 is 1. The van der Waals surface area contributed by atoms with Crippen molar-refractivity contribution in [3.05, 3.63) is 47.3 Å². The van der Waals surface area contributed by atoms with Gasteiger partial charge in [-0.2, -0.15) is 5.10 Å². The van der Waals surface area contributed by atoms with Crippen molar-refractivity contribution in [3.8, 4) is 0 Å². The van der Waals surface area contributed by atoms with Crippen LogP contribution in [0.1, 0.15) is 22.9 Å². The molecule has 106 valence electrons. The molecule has 1 unspecified atom stereocenters. The molecule has 0 saturated carbocycles. The van der Waals surface area contributed by atoms with Crippen LogP contribution in [0, 0.1) is 13.8 Å². The Morgan fingerprint density at radius 2 is 2.15 bits per heavy atom. The van der Waals surface area contributed by atoms with Gasteiger partial charge in [0.1, 0.15) is 0 Å². The van der Waals surface area contributed by atoms with Crippen LogP contribution in [-0.2, 0) is 16.6 Å². The van der Waals surface area contributed by atoms with Crippen molar-refractivity contribution in [2.45, 2.75) is 19.9 Å². The zero-order valence-corrected chi connectivity index (χ0v) is 12.2. The van der Waals surface area contributed by atoms with Gasteiger partial charge >= 0.3 is 5.97 Å². The number of anilines is 1. The topological polar surface area (TPSA) is 56.1 Å². The summed E-state index contributed by atoms with van der Waals surface area (Å²) in [6, 6.07) is 7.31. The molecule has 2 aromatic rings. The highest BCUT2D eigenvalue weighted by molar-refractivity contribution is 5.81. The summed E-state index contributed by atoms with van der Waals surface area (Å²) in [7, 11) is 3.22. The monoisotopic (exact) mass is 273 g/mol. The summed E-state index contributed by atoms with van der Waals surface area (Å²) in [6.45, 7) is 3.89. The van der Waals surface area contributed by atoms with Crippen molar-refractivity contribution >= 4 is 11.7 Å². The molecule has 5 heteroatoms. The number of benzene rings is 1. The molecule has 20 heavy (non-hydrogen) atoms. The lowest BCUT2D eigenvalue weighted by Gasteiger charge is -2.17. The number of ether oxygens (including phenoxy) is 1. The third-order valence-electron chi connectivity index (χ3n) is 3.13. The highest BCUT2D eigenvalue weighted by Gasteiger charge is 2.25. The zero-order chi connectivity index (χ0) is 14.7. The lowest BCUT2D eigenvalue weighted by atomic mass is 10.1. The van der Waals surface area contributed by atoms with E-state index in [1.54, 1.807) is 4.68 Å². The Bertz CT molecular complexity index is 619. The van der Waals surface area contributed by atoms with E-state index < -0.39 is 6.04 Å². The fraction of sp³-hybridized carbons (Fsp3) is 0.333. The summed E-state index contributed by atoms with van der Waals surface area (Å²) in [4.78, 5) is 12.0. The highest BCUT2D eigenvalue weighted by Crippen LogP contribution is 2.23. The van der Waals surface area contributed by atoms with E-state index in [4.69, 9.17) is 4.74 Å². The van der Waals surface area contributed by atoms with Crippen molar-refractivity contribution in [1.82, 2.24) is 9.78 Å². The molecule has 1 aromatic heterocycles. The Labute approximate surface area is 118 Å². The Morgan fingerprint density at radius 1 is 1.40 bits per heavy atom. The minimum atomic E-state index is -0.560. The molecule has 0 aliphatic heterocycles. The average molecular weight is 273 g/mol. The van der Waals surface area contributed by atoms with Crippen molar-refractivity contribution in [2.75, 3.05) is 12.4 Å². The highest BCUT2D eigenvalue weighted by atomic mass is 16.5. The second-order valence-electron chi connectivity index (χ2n) is 4.81. The number of esters is 1. The largest absolute Gasteiger partial charge is 0.467 e. The molecule has 1 N–H and O–H groups in total. The lowest BCUT2D eigenvalue weighted by molar-refractivity contribution is -0.141. The van der Waals surface area contributed by atoms with Crippen LogP contribution in [0.4, 0.5) is 5.69 Å². The van der Waals surface area contributed by atoms with E-state index in [1.165, 1.54) is 7.11 Å². The molecule has 2 rings (SSSR count). The predicted molar refractivity (Wildman–Crippen MR) is 77.5 cm³/mol. The lowest BCUT2D eigenvalue weighted by Crippen LogP contribution is -2.22. The van der Waals surface area contributed by atoms with Gasteiger partial charge in [0.2, 0.25) is 0 Å². The minimum absolute atomic E-state index is 0.331. The predicted octanol–water partition coefficient (Wildman–Crippen LogP) is 2.36. The number of aryl methyl sites for hydroxylation is 3. The van der Waals surface area contributed by atoms with E-state index in [0.29, 0.717) is 0 Å². The van der Waals surface area contributed by atoms with Gasteiger partial charge in [-0.25, -0.2) is 4.79 Å². The van der Waals surface area contributed by atoms with Crippen LogP contribution in [-0.4, -0.2) is 22.9 Å². The number of hydrogen-bond acceptors (Lipinski definition) is 4. The van der Waals surface area contributed by atoms with Crippen LogP contribution in [0.5, 0.6) is 0 Å². The van der Waals surface area contributed by atoms with Crippen LogP contribution < -0.4 is 5.32 Å². The fourth-order valence-electron chi connectivity index (χ4n) is 2.18. The summed E-state index contributed by atoms with van der Waals surface area (Å²) in [5, 5.41) is 7.49. The van der Waals surface area contributed by atoms with Crippen molar-refractivity contribution in [2.24, 2.45) is 7.05 Å². The SMILES string of the molecule is COC(=O)C(Nc1cccc(C)c1)c1cn(C)nc1C. The third kappa shape index (κ3) is 2.99. The molecule has 0 aliphatic carbocycles. The van der Waals surface area contributed by atoms with Gasteiger partial charge in [-0.05, 0) is 31.5 Å². The van der Waals surface area contributed by atoms with Gasteiger partial charge in [-0.1, -0.05) is 12.1 Å². The molecular formula is C15H19N3O2. The van der Waals surface area contributed by atoms with Gasteiger partial charge in [-0.15, -0.1) is 0 Å². The fourth-order valence-corrected chi connectivity index (χ4v) is 2.18. The van der Waals surface area contributed by atoms with Gasteiger partial charge in [0.05, 0.1) is 12.8 Å². The number of carbonyl (C=O) groups excluding carboxylic acids is 1. The summed E-state index contributed by atoms with van der Waals surface area (Å²) in [5.41, 5.74) is 3.63. The van der Waals surface area contributed by atoms with Crippen molar-refractivity contribution in [1.29, 1.82) is 0 Å². The number of rotatable bonds is 4. The van der Waals surface area contributed by atoms with E-state index >= 15 is 0 Å².